The van der Waals surface area contributed by atoms with Crippen LogP contribution in [-0.4, -0.2) is 19.4 Å². The summed E-state index contributed by atoms with van der Waals surface area (Å²) < 4.78 is 31.5. The number of rotatable bonds is 6. The fraction of sp³-hybridized carbons (Fsp3) is 0.900. The van der Waals surface area contributed by atoms with Crippen LogP contribution in [0.25, 0.3) is 0 Å². The predicted molar refractivity (Wildman–Crippen MR) is 56.2 cm³/mol. The minimum Gasteiger partial charge on any atom is -0.542 e. The SMILES string of the molecule is CCCC[B+]CCCC.O=C([O-])C(F)(F)F. The van der Waals surface area contributed by atoms with Crippen molar-refractivity contribution in [3.63, 3.8) is 0 Å². The van der Waals surface area contributed by atoms with E-state index >= 15 is 0 Å². The van der Waals surface area contributed by atoms with E-state index < -0.39 is 12.1 Å². The average Bonchev–Trinajstić information content (AvgIpc) is 2.17. The molecule has 0 atom stereocenters. The minimum absolute atomic E-state index is 1.33. The molecule has 0 aromatic carbocycles. The Kier molecular flexibility index (Phi) is 12.0. The van der Waals surface area contributed by atoms with Crippen molar-refractivity contribution in [3.8, 4) is 0 Å². The summed E-state index contributed by atoms with van der Waals surface area (Å²) >= 11 is 0. The second-order valence-electron chi connectivity index (χ2n) is 3.36. The van der Waals surface area contributed by atoms with Crippen LogP contribution in [0.15, 0.2) is 0 Å². The monoisotopic (exact) mass is 238 g/mol. The number of aliphatic carboxylic acids is 1. The molecule has 0 heterocycles. The fourth-order valence-corrected chi connectivity index (χ4v) is 0.841. The van der Waals surface area contributed by atoms with Gasteiger partial charge in [-0.1, -0.05) is 0 Å². The Labute approximate surface area is 95.5 Å². The van der Waals surface area contributed by atoms with Gasteiger partial charge in [0, 0.05) is 0 Å². The molecule has 0 fully saturated rings. The Morgan fingerprint density at radius 2 is 1.44 bits per heavy atom. The van der Waals surface area contributed by atoms with E-state index in [1.807, 2.05) is 0 Å². The van der Waals surface area contributed by atoms with Crippen molar-refractivity contribution in [2.24, 2.45) is 0 Å². The molecule has 0 aromatic rings. The molecule has 0 radical (unpaired) electrons. The first-order valence-corrected chi connectivity index (χ1v) is 5.46. The van der Waals surface area contributed by atoms with Crippen molar-refractivity contribution < 1.29 is 23.1 Å². The van der Waals surface area contributed by atoms with Gasteiger partial charge < -0.3 is 9.90 Å². The molecule has 16 heavy (non-hydrogen) atoms. The molecule has 0 aromatic heterocycles. The van der Waals surface area contributed by atoms with E-state index in [0.717, 1.165) is 0 Å². The summed E-state index contributed by atoms with van der Waals surface area (Å²) in [7, 11) is 2.42. The molecule has 0 aliphatic carbocycles. The van der Waals surface area contributed by atoms with Crippen LogP contribution in [-0.2, 0) is 4.79 Å². The molecule has 6 heteroatoms. The molecular weight excluding hydrogens is 220 g/mol. The number of carbonyl (C=O) groups excluding carboxylic acids is 1. The average molecular weight is 238 g/mol. The Bertz CT molecular complexity index is 166. The van der Waals surface area contributed by atoms with Crippen LogP contribution < -0.4 is 5.11 Å². The van der Waals surface area contributed by atoms with Gasteiger partial charge in [-0.15, -0.1) is 0 Å². The zero-order chi connectivity index (χ0) is 13.0. The normalized spacial score (nSPS) is 10.1. The van der Waals surface area contributed by atoms with Gasteiger partial charge in [-0.05, 0) is 0 Å². The third-order valence-electron chi connectivity index (χ3n) is 1.76. The van der Waals surface area contributed by atoms with Crippen molar-refractivity contribution in [1.29, 1.82) is 0 Å². The van der Waals surface area contributed by atoms with Gasteiger partial charge in [0.25, 0.3) is 0 Å². The van der Waals surface area contributed by atoms with E-state index in [1.54, 1.807) is 0 Å². The fourth-order valence-electron chi connectivity index (χ4n) is 0.841. The molecule has 94 valence electrons. The number of unbranched alkanes of at least 4 members (excludes halogenated alkanes) is 2. The summed E-state index contributed by atoms with van der Waals surface area (Å²) in [4.78, 5) is 8.78. The van der Waals surface area contributed by atoms with Crippen LogP contribution in [0.4, 0.5) is 13.2 Å². The molecule has 0 unspecified atom stereocenters. The van der Waals surface area contributed by atoms with Crippen molar-refractivity contribution in [2.75, 3.05) is 0 Å². The third kappa shape index (κ3) is 15.8. The van der Waals surface area contributed by atoms with E-state index in [1.165, 1.54) is 38.3 Å². The molecule has 0 spiro atoms. The first kappa shape index (κ1) is 17.7. The Hall–Kier alpha value is -0.675. The van der Waals surface area contributed by atoms with Gasteiger partial charge in [0.15, 0.2) is 0 Å². The van der Waals surface area contributed by atoms with Crippen LogP contribution in [0.5, 0.6) is 0 Å². The Morgan fingerprint density at radius 3 is 1.62 bits per heavy atom. The minimum atomic E-state index is -5.19. The van der Waals surface area contributed by atoms with Crippen molar-refractivity contribution >= 4 is 13.2 Å². The molecule has 0 bridgehead atoms. The molecule has 0 saturated heterocycles. The molecule has 0 aliphatic rings. The maximum absolute atomic E-state index is 10.5. The standard InChI is InChI=1S/C8H18B.C2HF3O2/c1-3-5-7-9-8-6-4-2;3-2(4,5)1(6)7/h3-8H2,1-2H3;(H,6,7)/q+1;/p-1. The number of carboxylic acids is 1. The molecule has 0 N–H and O–H groups in total. The first-order valence-electron chi connectivity index (χ1n) is 5.46. The summed E-state index contributed by atoms with van der Waals surface area (Å²) in [6.45, 7) is 4.49. The van der Waals surface area contributed by atoms with Crippen LogP contribution in [0.3, 0.4) is 0 Å². The number of alkyl halides is 3. The predicted octanol–water partition coefficient (Wildman–Crippen LogP) is 2.43. The summed E-state index contributed by atoms with van der Waals surface area (Å²) in [5.74, 6) is -3.01. The van der Waals surface area contributed by atoms with Crippen LogP contribution in [0, 0.1) is 0 Å². The van der Waals surface area contributed by atoms with Gasteiger partial charge in [-0.3, -0.25) is 0 Å². The molecule has 0 amide bonds. The van der Waals surface area contributed by atoms with E-state index in [4.69, 9.17) is 9.90 Å². The van der Waals surface area contributed by atoms with E-state index in [0.29, 0.717) is 0 Å². The number of carboxylic acid groups (broad SMARTS) is 1. The van der Waals surface area contributed by atoms with Gasteiger partial charge in [0.2, 0.25) is 0 Å². The first-order chi connectivity index (χ1) is 7.36. The zero-order valence-corrected chi connectivity index (χ0v) is 9.77. The summed E-state index contributed by atoms with van der Waals surface area (Å²) in [5, 5.41) is 8.78. The van der Waals surface area contributed by atoms with E-state index in [-0.39, 0.29) is 0 Å². The van der Waals surface area contributed by atoms with Crippen molar-refractivity contribution in [3.05, 3.63) is 0 Å². The number of hydrogen-bond donors (Lipinski definition) is 0. The Balaban J connectivity index is 0. The third-order valence-corrected chi connectivity index (χ3v) is 1.76. The van der Waals surface area contributed by atoms with Crippen LogP contribution in [0.1, 0.15) is 39.5 Å². The maximum Gasteiger partial charge on any atom is 0.430 e. The largest absolute Gasteiger partial charge is 0.542 e. The molecule has 0 saturated carbocycles. The number of carbonyl (C=O) groups is 1. The Morgan fingerprint density at radius 1 is 1.12 bits per heavy atom. The van der Waals surface area contributed by atoms with Gasteiger partial charge in [-0.25, -0.2) is 0 Å². The summed E-state index contributed by atoms with van der Waals surface area (Å²) in [6.07, 6.45) is 2.89. The van der Waals surface area contributed by atoms with Crippen molar-refractivity contribution in [2.45, 2.75) is 58.3 Å². The van der Waals surface area contributed by atoms with Crippen LogP contribution in [0.2, 0.25) is 12.6 Å². The number of halogens is 3. The number of hydrogen-bond acceptors (Lipinski definition) is 2. The smallest absolute Gasteiger partial charge is 0.430 e. The zero-order valence-electron chi connectivity index (χ0n) is 9.77. The molecule has 0 rings (SSSR count). The quantitative estimate of drug-likeness (QED) is 0.526. The molecular formula is C10H18BF3O2. The van der Waals surface area contributed by atoms with Gasteiger partial charge in [0.05, 0.1) is 0 Å². The van der Waals surface area contributed by atoms with Gasteiger partial charge >= 0.3 is 65.6 Å². The van der Waals surface area contributed by atoms with Crippen LogP contribution >= 0.6 is 0 Å². The van der Waals surface area contributed by atoms with Crippen molar-refractivity contribution in [1.82, 2.24) is 0 Å². The maximum atomic E-state index is 10.5. The van der Waals surface area contributed by atoms with E-state index in [9.17, 15) is 13.2 Å². The molecule has 2 nitrogen and oxygen atoms in total. The summed E-state index contributed by atoms with van der Waals surface area (Å²) in [5.41, 5.74) is 0. The summed E-state index contributed by atoms with van der Waals surface area (Å²) in [6, 6.07) is 0. The van der Waals surface area contributed by atoms with E-state index in [2.05, 4.69) is 21.1 Å². The van der Waals surface area contributed by atoms with Gasteiger partial charge in [0.1, 0.15) is 5.97 Å². The molecule has 0 aliphatic heterocycles. The second kappa shape index (κ2) is 10.8. The topological polar surface area (TPSA) is 40.1 Å². The second-order valence-corrected chi connectivity index (χ2v) is 3.36. The van der Waals surface area contributed by atoms with Gasteiger partial charge in [-0.2, -0.15) is 13.2 Å².